The van der Waals surface area contributed by atoms with Gasteiger partial charge in [0.15, 0.2) is 17.3 Å². The lowest BCUT2D eigenvalue weighted by atomic mass is 10.1. The largest absolute Gasteiger partial charge is 0.493 e. The molecular formula is C25H27N3O3S. The van der Waals surface area contributed by atoms with E-state index in [1.54, 1.807) is 7.11 Å². The Balaban J connectivity index is 1.58. The maximum Gasteiger partial charge on any atom is 0.291 e. The Hall–Kier alpha value is -3.19. The fourth-order valence-electron chi connectivity index (χ4n) is 3.50. The Morgan fingerprint density at radius 3 is 2.72 bits per heavy atom. The lowest BCUT2D eigenvalue weighted by Crippen LogP contribution is -2.23. The number of ether oxygens (including phenoxy) is 2. The van der Waals surface area contributed by atoms with Crippen LogP contribution in [0.5, 0.6) is 11.5 Å². The Labute approximate surface area is 191 Å². The number of rotatable bonds is 9. The highest BCUT2D eigenvalue weighted by Crippen LogP contribution is 2.28. The van der Waals surface area contributed by atoms with Gasteiger partial charge in [0, 0.05) is 5.56 Å². The van der Waals surface area contributed by atoms with Crippen molar-refractivity contribution < 1.29 is 9.47 Å². The molecule has 0 N–H and O–H groups in total. The molecule has 0 aliphatic carbocycles. The van der Waals surface area contributed by atoms with Gasteiger partial charge in [0.2, 0.25) is 4.96 Å². The zero-order chi connectivity index (χ0) is 22.5. The summed E-state index contributed by atoms with van der Waals surface area (Å²) in [4.78, 5) is 18.0. The van der Waals surface area contributed by atoms with Crippen molar-refractivity contribution in [2.24, 2.45) is 0 Å². The Bertz CT molecular complexity index is 1330. The van der Waals surface area contributed by atoms with Crippen molar-refractivity contribution in [2.75, 3.05) is 13.7 Å². The van der Waals surface area contributed by atoms with Crippen molar-refractivity contribution in [3.8, 4) is 22.9 Å². The van der Waals surface area contributed by atoms with E-state index >= 15 is 0 Å². The van der Waals surface area contributed by atoms with E-state index < -0.39 is 0 Å². The summed E-state index contributed by atoms with van der Waals surface area (Å²) in [6.07, 6.45) is 6.44. The number of aryl methyl sites for hydroxylation is 1. The Kier molecular flexibility index (Phi) is 6.85. The lowest BCUT2D eigenvalue weighted by molar-refractivity contribution is 0.285. The highest BCUT2D eigenvalue weighted by Gasteiger charge is 2.12. The first-order valence-corrected chi connectivity index (χ1v) is 11.7. The number of nitrogens with zero attached hydrogens (tertiary/aromatic N) is 3. The molecule has 4 aromatic rings. The summed E-state index contributed by atoms with van der Waals surface area (Å²) in [5.74, 6) is 1.93. The zero-order valence-corrected chi connectivity index (χ0v) is 19.4. The molecule has 0 radical (unpaired) electrons. The molecule has 0 atom stereocenters. The molecule has 0 amide bonds. The van der Waals surface area contributed by atoms with Gasteiger partial charge in [-0.05, 0) is 43.2 Å². The fraction of sp³-hybridized carbons (Fsp3) is 0.320. The number of fused-ring (bicyclic) bond motifs is 1. The molecule has 0 saturated carbocycles. The first kappa shape index (κ1) is 22.0. The monoisotopic (exact) mass is 449 g/mol. The minimum Gasteiger partial charge on any atom is -0.493 e. The third-order valence-corrected chi connectivity index (χ3v) is 6.16. The molecule has 0 fully saturated rings. The Morgan fingerprint density at radius 1 is 1.09 bits per heavy atom. The van der Waals surface area contributed by atoms with Crippen molar-refractivity contribution in [2.45, 2.75) is 39.5 Å². The third-order valence-electron chi connectivity index (χ3n) is 5.20. The van der Waals surface area contributed by atoms with Crippen molar-refractivity contribution in [3.63, 3.8) is 0 Å². The van der Waals surface area contributed by atoms with Gasteiger partial charge in [-0.1, -0.05) is 67.4 Å². The number of unbranched alkanes of at least 4 members (excludes halogenated alkanes) is 3. The van der Waals surface area contributed by atoms with Gasteiger partial charge in [-0.25, -0.2) is 0 Å². The predicted octanol–water partition coefficient (Wildman–Crippen LogP) is 4.64. The van der Waals surface area contributed by atoms with Gasteiger partial charge in [-0.2, -0.15) is 9.50 Å². The summed E-state index contributed by atoms with van der Waals surface area (Å²) < 4.78 is 13.3. The second kappa shape index (κ2) is 9.96. The molecule has 0 bridgehead atoms. The molecule has 0 aliphatic heterocycles. The van der Waals surface area contributed by atoms with Gasteiger partial charge in [-0.3, -0.25) is 4.79 Å². The van der Waals surface area contributed by atoms with E-state index in [4.69, 9.17) is 9.47 Å². The maximum atomic E-state index is 12.9. The van der Waals surface area contributed by atoms with Crippen LogP contribution in [-0.4, -0.2) is 28.3 Å². The first-order chi connectivity index (χ1) is 15.6. The number of aromatic nitrogens is 3. The van der Waals surface area contributed by atoms with Gasteiger partial charge in [-0.15, -0.1) is 5.10 Å². The van der Waals surface area contributed by atoms with Crippen LogP contribution in [0.1, 0.15) is 43.7 Å². The van der Waals surface area contributed by atoms with Gasteiger partial charge < -0.3 is 9.47 Å². The highest BCUT2D eigenvalue weighted by molar-refractivity contribution is 7.15. The van der Waals surface area contributed by atoms with Crippen molar-refractivity contribution in [3.05, 3.63) is 68.5 Å². The molecule has 6 nitrogen and oxygen atoms in total. The van der Waals surface area contributed by atoms with Crippen molar-refractivity contribution >= 4 is 22.4 Å². The molecule has 0 aliphatic rings. The molecule has 0 spiro atoms. The van der Waals surface area contributed by atoms with Crippen LogP contribution in [0.15, 0.2) is 47.3 Å². The van der Waals surface area contributed by atoms with E-state index in [-0.39, 0.29) is 5.56 Å². The number of hydrogen-bond donors (Lipinski definition) is 0. The molecule has 2 heterocycles. The molecule has 4 rings (SSSR count). The minimum absolute atomic E-state index is 0.174. The second-order valence-electron chi connectivity index (χ2n) is 7.73. The average Bonchev–Trinajstić information content (AvgIpc) is 3.34. The van der Waals surface area contributed by atoms with E-state index in [0.29, 0.717) is 33.4 Å². The fourth-order valence-corrected chi connectivity index (χ4v) is 4.40. The zero-order valence-electron chi connectivity index (χ0n) is 18.6. The summed E-state index contributed by atoms with van der Waals surface area (Å²) in [6.45, 7) is 4.88. The minimum atomic E-state index is -0.174. The SMILES string of the molecule is CCCCCCOc1ccc(/C=c2/sc3nc(-c4cccc(C)c4)nn3c2=O)cc1OC. The van der Waals surface area contributed by atoms with Gasteiger partial charge in [0.1, 0.15) is 0 Å². The van der Waals surface area contributed by atoms with Crippen LogP contribution in [0.4, 0.5) is 0 Å². The number of thiazole rings is 1. The van der Waals surface area contributed by atoms with E-state index in [1.807, 2.05) is 55.5 Å². The van der Waals surface area contributed by atoms with Crippen LogP contribution in [0.2, 0.25) is 0 Å². The summed E-state index contributed by atoms with van der Waals surface area (Å²) in [5.41, 5.74) is 2.72. The standard InChI is InChI=1S/C25H27N3O3S/c1-4-5-6-7-13-31-20-12-11-18(15-21(20)30-3)16-22-24(29)28-25(32-22)26-23(27-28)19-10-8-9-17(2)14-19/h8-12,14-16H,4-7,13H2,1-3H3/b22-16+. The number of benzene rings is 2. The lowest BCUT2D eigenvalue weighted by Gasteiger charge is -2.11. The van der Waals surface area contributed by atoms with E-state index in [1.165, 1.54) is 28.7 Å². The summed E-state index contributed by atoms with van der Waals surface area (Å²) >= 11 is 1.33. The molecule has 7 heteroatoms. The topological polar surface area (TPSA) is 65.7 Å². The van der Waals surface area contributed by atoms with Crippen LogP contribution in [0, 0.1) is 6.92 Å². The molecule has 2 aromatic heterocycles. The van der Waals surface area contributed by atoms with E-state index in [0.717, 1.165) is 29.5 Å². The molecular weight excluding hydrogens is 422 g/mol. The smallest absolute Gasteiger partial charge is 0.291 e. The van der Waals surface area contributed by atoms with Gasteiger partial charge in [0.25, 0.3) is 5.56 Å². The quantitative estimate of drug-likeness (QED) is 0.348. The van der Waals surface area contributed by atoms with E-state index in [2.05, 4.69) is 17.0 Å². The normalized spacial score (nSPS) is 11.9. The second-order valence-corrected chi connectivity index (χ2v) is 8.74. The van der Waals surface area contributed by atoms with E-state index in [9.17, 15) is 4.79 Å². The van der Waals surface area contributed by atoms with Crippen LogP contribution in [-0.2, 0) is 0 Å². The maximum absolute atomic E-state index is 12.9. The third kappa shape index (κ3) is 4.83. The molecule has 166 valence electrons. The van der Waals surface area contributed by atoms with Crippen molar-refractivity contribution in [1.82, 2.24) is 14.6 Å². The summed E-state index contributed by atoms with van der Waals surface area (Å²) in [7, 11) is 1.62. The van der Waals surface area contributed by atoms with Crippen LogP contribution < -0.4 is 19.6 Å². The highest BCUT2D eigenvalue weighted by atomic mass is 32.1. The first-order valence-electron chi connectivity index (χ1n) is 10.9. The number of methoxy groups -OCH3 is 1. The summed E-state index contributed by atoms with van der Waals surface area (Å²) in [5, 5.41) is 4.43. The number of hydrogen-bond acceptors (Lipinski definition) is 6. The molecule has 32 heavy (non-hydrogen) atoms. The van der Waals surface area contributed by atoms with Crippen LogP contribution >= 0.6 is 11.3 Å². The van der Waals surface area contributed by atoms with Gasteiger partial charge in [0.05, 0.1) is 18.2 Å². The Morgan fingerprint density at radius 2 is 1.97 bits per heavy atom. The summed E-state index contributed by atoms with van der Waals surface area (Å²) in [6, 6.07) is 13.6. The van der Waals surface area contributed by atoms with Crippen LogP contribution in [0.3, 0.4) is 0 Å². The molecule has 0 unspecified atom stereocenters. The van der Waals surface area contributed by atoms with Crippen LogP contribution in [0.25, 0.3) is 22.4 Å². The predicted molar refractivity (Wildman–Crippen MR) is 129 cm³/mol. The average molecular weight is 450 g/mol. The molecule has 2 aromatic carbocycles. The van der Waals surface area contributed by atoms with Gasteiger partial charge >= 0.3 is 0 Å². The van der Waals surface area contributed by atoms with Crippen molar-refractivity contribution in [1.29, 1.82) is 0 Å². The molecule has 0 saturated heterocycles.